The summed E-state index contributed by atoms with van der Waals surface area (Å²) in [6.45, 7) is 6.12. The number of nitrogens with zero attached hydrogens (tertiary/aromatic N) is 7. The summed E-state index contributed by atoms with van der Waals surface area (Å²) in [5, 5.41) is 0. The highest BCUT2D eigenvalue weighted by molar-refractivity contribution is 5.82. The zero-order valence-corrected chi connectivity index (χ0v) is 17.8. The van der Waals surface area contributed by atoms with Crippen LogP contribution in [0.1, 0.15) is 19.3 Å². The maximum absolute atomic E-state index is 12.5. The number of amides is 1. The van der Waals surface area contributed by atoms with E-state index < -0.39 is 0 Å². The summed E-state index contributed by atoms with van der Waals surface area (Å²) >= 11 is 0. The molecule has 0 aromatic carbocycles. The number of likely N-dealkylation sites (tertiary alicyclic amines) is 1. The van der Waals surface area contributed by atoms with Gasteiger partial charge in [-0.05, 0) is 27.1 Å². The third-order valence-electron chi connectivity index (χ3n) is 6.88. The van der Waals surface area contributed by atoms with Crippen molar-refractivity contribution < 1.29 is 9.53 Å². The van der Waals surface area contributed by atoms with Crippen LogP contribution in [0.25, 0.3) is 11.2 Å². The molecule has 1 amide bonds. The molecule has 2 aromatic rings. The van der Waals surface area contributed by atoms with E-state index in [1.807, 2.05) is 4.90 Å². The topological polar surface area (TPSA) is 93.7 Å². The third kappa shape index (κ3) is 3.58. The van der Waals surface area contributed by atoms with Crippen LogP contribution in [0.5, 0.6) is 0 Å². The van der Waals surface area contributed by atoms with Gasteiger partial charge < -0.3 is 24.4 Å². The first kappa shape index (κ1) is 19.5. The van der Waals surface area contributed by atoms with Crippen LogP contribution >= 0.6 is 0 Å². The maximum Gasteiger partial charge on any atom is 0.410 e. The van der Waals surface area contributed by atoms with Crippen molar-refractivity contribution in [2.45, 2.75) is 30.9 Å². The lowest BCUT2D eigenvalue weighted by atomic mass is 9.91. The third-order valence-corrected chi connectivity index (χ3v) is 6.88. The van der Waals surface area contributed by atoms with E-state index in [9.17, 15) is 4.79 Å². The van der Waals surface area contributed by atoms with Crippen LogP contribution in [0.4, 0.5) is 10.6 Å². The summed E-state index contributed by atoms with van der Waals surface area (Å²) in [6, 6.07) is 0.620. The van der Waals surface area contributed by atoms with E-state index in [1.165, 1.54) is 6.42 Å². The first-order chi connectivity index (χ1) is 14.5. The normalized spacial score (nSPS) is 24.5. The molecule has 2 aromatic heterocycles. The number of carbonyl (C=O) groups is 1. The number of nitrogens with one attached hydrogen (secondary N) is 1. The molecule has 3 fully saturated rings. The van der Waals surface area contributed by atoms with Crippen molar-refractivity contribution in [1.82, 2.24) is 34.6 Å². The van der Waals surface area contributed by atoms with E-state index in [-0.39, 0.29) is 11.7 Å². The van der Waals surface area contributed by atoms with Gasteiger partial charge in [-0.25, -0.2) is 19.7 Å². The molecule has 5 rings (SSSR count). The number of likely N-dealkylation sites (N-methyl/N-ethyl adjacent to an activating group) is 1. The second-order valence-corrected chi connectivity index (χ2v) is 8.96. The number of piperidine rings is 1. The van der Waals surface area contributed by atoms with Gasteiger partial charge in [0.1, 0.15) is 17.4 Å². The minimum absolute atomic E-state index is 0.162. The standard InChI is InChI=1S/C20H30N8O2/c1-25(2)15-3-6-26(11-15)9-10-28-12-20(30-19(28)29)4-7-27(8-5-20)18-16-17(22-13-21-16)23-14-24-18/h13-15H,3-12H2,1-2H3,(H,21,22,23,24). The SMILES string of the molecule is CN(C)C1CCN(CCN2CC3(CCN(c4ncnc5nc[nH]c45)CC3)OC2=O)C1. The predicted molar refractivity (Wildman–Crippen MR) is 112 cm³/mol. The Morgan fingerprint density at radius 3 is 2.80 bits per heavy atom. The number of hydrogen-bond acceptors (Lipinski definition) is 8. The fourth-order valence-electron chi connectivity index (χ4n) is 4.94. The first-order valence-corrected chi connectivity index (χ1v) is 10.8. The van der Waals surface area contributed by atoms with Gasteiger partial charge in [0.05, 0.1) is 12.9 Å². The van der Waals surface area contributed by atoms with Crippen molar-refractivity contribution >= 4 is 23.1 Å². The number of anilines is 1. The first-order valence-electron chi connectivity index (χ1n) is 10.8. The quantitative estimate of drug-likeness (QED) is 0.767. The van der Waals surface area contributed by atoms with Gasteiger partial charge in [0, 0.05) is 51.6 Å². The number of aromatic nitrogens is 4. The van der Waals surface area contributed by atoms with Crippen LogP contribution in [0, 0.1) is 0 Å². The van der Waals surface area contributed by atoms with Crippen molar-refractivity contribution in [3.63, 3.8) is 0 Å². The van der Waals surface area contributed by atoms with Crippen molar-refractivity contribution in [1.29, 1.82) is 0 Å². The van der Waals surface area contributed by atoms with Crippen LogP contribution in [-0.4, -0.2) is 112 Å². The maximum atomic E-state index is 12.5. The van der Waals surface area contributed by atoms with Gasteiger partial charge in [-0.15, -0.1) is 0 Å². The Balaban J connectivity index is 1.17. The van der Waals surface area contributed by atoms with Gasteiger partial charge in [-0.2, -0.15) is 0 Å². The monoisotopic (exact) mass is 414 g/mol. The fraction of sp³-hybridized carbons (Fsp3) is 0.700. The Bertz CT molecular complexity index is 907. The van der Waals surface area contributed by atoms with Gasteiger partial charge >= 0.3 is 6.09 Å². The van der Waals surface area contributed by atoms with Crippen LogP contribution < -0.4 is 4.90 Å². The molecule has 1 unspecified atom stereocenters. The summed E-state index contributed by atoms with van der Waals surface area (Å²) in [6.07, 6.45) is 5.85. The lowest BCUT2D eigenvalue weighted by molar-refractivity contribution is 0.0366. The van der Waals surface area contributed by atoms with Crippen LogP contribution in [0.2, 0.25) is 0 Å². The number of aromatic amines is 1. The van der Waals surface area contributed by atoms with E-state index in [2.05, 4.69) is 48.7 Å². The number of H-pyrrole nitrogens is 1. The number of hydrogen-bond donors (Lipinski definition) is 1. The molecule has 1 N–H and O–H groups in total. The molecule has 0 aliphatic carbocycles. The van der Waals surface area contributed by atoms with Gasteiger partial charge in [-0.1, -0.05) is 0 Å². The molecule has 3 aliphatic rings. The number of fused-ring (bicyclic) bond motifs is 1. The lowest BCUT2D eigenvalue weighted by Crippen LogP contribution is -2.47. The van der Waals surface area contributed by atoms with Crippen LogP contribution in [0.3, 0.4) is 0 Å². The minimum Gasteiger partial charge on any atom is -0.441 e. The summed E-state index contributed by atoms with van der Waals surface area (Å²) in [5.41, 5.74) is 1.17. The van der Waals surface area contributed by atoms with Crippen LogP contribution in [-0.2, 0) is 4.74 Å². The lowest BCUT2D eigenvalue weighted by Gasteiger charge is -2.38. The summed E-state index contributed by atoms with van der Waals surface area (Å²) in [7, 11) is 4.28. The van der Waals surface area contributed by atoms with Crippen molar-refractivity contribution in [2.24, 2.45) is 0 Å². The van der Waals surface area contributed by atoms with E-state index in [4.69, 9.17) is 4.74 Å². The van der Waals surface area contributed by atoms with Gasteiger partial charge in [0.2, 0.25) is 0 Å². The molecule has 0 saturated carbocycles. The molecule has 3 saturated heterocycles. The average Bonchev–Trinajstić information content (AvgIpc) is 3.46. The molecule has 0 radical (unpaired) electrons. The highest BCUT2D eigenvalue weighted by Crippen LogP contribution is 2.35. The molecule has 1 spiro atoms. The Labute approximate surface area is 176 Å². The predicted octanol–water partition coefficient (Wildman–Crippen LogP) is 0.780. The number of imidazole rings is 1. The smallest absolute Gasteiger partial charge is 0.410 e. The van der Waals surface area contributed by atoms with E-state index >= 15 is 0 Å². The van der Waals surface area contributed by atoms with Gasteiger partial charge in [-0.3, -0.25) is 4.90 Å². The molecule has 10 nitrogen and oxygen atoms in total. The van der Waals surface area contributed by atoms with Gasteiger partial charge in [0.15, 0.2) is 11.5 Å². The Morgan fingerprint density at radius 2 is 2.03 bits per heavy atom. The molecular weight excluding hydrogens is 384 g/mol. The molecule has 0 bridgehead atoms. The van der Waals surface area contributed by atoms with Crippen molar-refractivity contribution in [3.8, 4) is 0 Å². The van der Waals surface area contributed by atoms with E-state index in [0.29, 0.717) is 18.2 Å². The fourth-order valence-corrected chi connectivity index (χ4v) is 4.94. The number of ether oxygens (including phenoxy) is 1. The molecular formula is C20H30N8O2. The zero-order chi connectivity index (χ0) is 20.7. The van der Waals surface area contributed by atoms with Crippen molar-refractivity contribution in [2.75, 3.05) is 64.8 Å². The number of carbonyl (C=O) groups excluding carboxylic acids is 1. The molecule has 3 aliphatic heterocycles. The summed E-state index contributed by atoms with van der Waals surface area (Å²) < 4.78 is 5.91. The number of rotatable bonds is 5. The van der Waals surface area contributed by atoms with Gasteiger partial charge in [0.25, 0.3) is 0 Å². The molecule has 1 atom stereocenters. The van der Waals surface area contributed by atoms with E-state index in [1.54, 1.807) is 12.7 Å². The average molecular weight is 415 g/mol. The Hall–Kier alpha value is -2.46. The molecule has 5 heterocycles. The zero-order valence-electron chi connectivity index (χ0n) is 17.8. The molecule has 30 heavy (non-hydrogen) atoms. The summed E-state index contributed by atoms with van der Waals surface area (Å²) in [4.78, 5) is 37.4. The molecule has 10 heteroatoms. The highest BCUT2D eigenvalue weighted by atomic mass is 16.6. The van der Waals surface area contributed by atoms with Crippen LogP contribution in [0.15, 0.2) is 12.7 Å². The van der Waals surface area contributed by atoms with E-state index in [0.717, 1.165) is 63.4 Å². The second kappa shape index (κ2) is 7.66. The Morgan fingerprint density at radius 1 is 1.20 bits per heavy atom. The minimum atomic E-state index is -0.370. The Kier molecular flexibility index (Phi) is 4.98. The highest BCUT2D eigenvalue weighted by Gasteiger charge is 2.47. The molecule has 162 valence electrons. The largest absolute Gasteiger partial charge is 0.441 e. The van der Waals surface area contributed by atoms with Crippen molar-refractivity contribution in [3.05, 3.63) is 12.7 Å². The summed E-state index contributed by atoms with van der Waals surface area (Å²) in [5.74, 6) is 0.873. The second-order valence-electron chi connectivity index (χ2n) is 8.96.